The molecule has 1 aromatic rings. The molecule has 0 aromatic carbocycles. The predicted molar refractivity (Wildman–Crippen MR) is 82.5 cm³/mol. The van der Waals surface area contributed by atoms with Gasteiger partial charge in [-0.2, -0.15) is 0 Å². The first-order valence-electron chi connectivity index (χ1n) is 7.93. The van der Waals surface area contributed by atoms with Crippen molar-refractivity contribution >= 4 is 0 Å². The Kier molecular flexibility index (Phi) is 5.99. The topological polar surface area (TPSA) is 45.1 Å². The lowest BCUT2D eigenvalue weighted by atomic mass is 9.79. The van der Waals surface area contributed by atoms with E-state index in [0.29, 0.717) is 6.04 Å². The number of hydrogen-bond donors (Lipinski definition) is 2. The Morgan fingerprint density at radius 2 is 2.20 bits per heavy atom. The number of aromatic nitrogens is 1. The van der Waals surface area contributed by atoms with Gasteiger partial charge in [-0.15, -0.1) is 0 Å². The van der Waals surface area contributed by atoms with Gasteiger partial charge in [0.05, 0.1) is 0 Å². The summed E-state index contributed by atoms with van der Waals surface area (Å²) < 4.78 is 0. The van der Waals surface area contributed by atoms with E-state index in [1.807, 2.05) is 24.4 Å². The predicted octanol–water partition coefficient (Wildman–Crippen LogP) is 2.65. The SMILES string of the molecule is C[C@@H]1CC[C@H](NC[C@H](CO)Cc2ccccn2)[C@@H](C)C1. The van der Waals surface area contributed by atoms with Gasteiger partial charge in [0.2, 0.25) is 0 Å². The summed E-state index contributed by atoms with van der Waals surface area (Å²) in [7, 11) is 0. The van der Waals surface area contributed by atoms with Gasteiger partial charge in [0.1, 0.15) is 0 Å². The molecule has 0 spiro atoms. The standard InChI is InChI=1S/C17H28N2O/c1-13-6-7-17(14(2)9-13)19-11-15(12-20)10-16-5-3-4-8-18-16/h3-5,8,13-15,17,19-20H,6-7,9-12H2,1-2H3/t13-,14+,15-,17+/m1/s1. The Labute approximate surface area is 122 Å². The fraction of sp³-hybridized carbons (Fsp3) is 0.706. The molecule has 1 saturated carbocycles. The van der Waals surface area contributed by atoms with Crippen LogP contribution in [0.2, 0.25) is 0 Å². The average Bonchev–Trinajstić information content (AvgIpc) is 2.46. The lowest BCUT2D eigenvalue weighted by molar-refractivity contribution is 0.188. The Balaban J connectivity index is 1.79. The molecule has 0 bridgehead atoms. The summed E-state index contributed by atoms with van der Waals surface area (Å²) >= 11 is 0. The number of aliphatic hydroxyl groups is 1. The van der Waals surface area contributed by atoms with Crippen molar-refractivity contribution in [2.24, 2.45) is 17.8 Å². The second-order valence-electron chi connectivity index (χ2n) is 6.48. The molecule has 0 aliphatic heterocycles. The van der Waals surface area contributed by atoms with E-state index in [9.17, 15) is 5.11 Å². The summed E-state index contributed by atoms with van der Waals surface area (Å²) in [4.78, 5) is 4.35. The van der Waals surface area contributed by atoms with E-state index < -0.39 is 0 Å². The highest BCUT2D eigenvalue weighted by atomic mass is 16.3. The van der Waals surface area contributed by atoms with Gasteiger partial charge in [-0.3, -0.25) is 4.98 Å². The summed E-state index contributed by atoms with van der Waals surface area (Å²) in [5.41, 5.74) is 1.07. The third-order valence-corrected chi connectivity index (χ3v) is 4.58. The zero-order valence-electron chi connectivity index (χ0n) is 12.8. The third-order valence-electron chi connectivity index (χ3n) is 4.58. The van der Waals surface area contributed by atoms with Gasteiger partial charge < -0.3 is 10.4 Å². The maximum atomic E-state index is 9.56. The molecule has 2 N–H and O–H groups in total. The molecule has 20 heavy (non-hydrogen) atoms. The summed E-state index contributed by atoms with van der Waals surface area (Å²) in [6.45, 7) is 5.81. The molecule has 1 heterocycles. The van der Waals surface area contributed by atoms with Crippen LogP contribution in [0, 0.1) is 17.8 Å². The fourth-order valence-corrected chi connectivity index (χ4v) is 3.30. The first kappa shape index (κ1) is 15.5. The van der Waals surface area contributed by atoms with Crippen LogP contribution < -0.4 is 5.32 Å². The summed E-state index contributed by atoms with van der Waals surface area (Å²) in [6, 6.07) is 6.59. The van der Waals surface area contributed by atoms with Gasteiger partial charge in [0.15, 0.2) is 0 Å². The number of nitrogens with one attached hydrogen (secondary N) is 1. The quantitative estimate of drug-likeness (QED) is 0.839. The fourth-order valence-electron chi connectivity index (χ4n) is 3.30. The van der Waals surface area contributed by atoms with E-state index in [0.717, 1.165) is 30.5 Å². The van der Waals surface area contributed by atoms with E-state index in [4.69, 9.17) is 0 Å². The molecule has 0 unspecified atom stereocenters. The molecule has 112 valence electrons. The second kappa shape index (κ2) is 7.75. The van der Waals surface area contributed by atoms with Crippen LogP contribution in [0.5, 0.6) is 0 Å². The molecule has 1 aliphatic carbocycles. The van der Waals surface area contributed by atoms with Crippen LogP contribution in [-0.4, -0.2) is 29.3 Å². The molecule has 3 heteroatoms. The highest BCUT2D eigenvalue weighted by Gasteiger charge is 2.25. The first-order chi connectivity index (χ1) is 9.69. The van der Waals surface area contributed by atoms with Gasteiger partial charge in [-0.05, 0) is 55.6 Å². The molecule has 0 amide bonds. The van der Waals surface area contributed by atoms with Crippen molar-refractivity contribution in [1.82, 2.24) is 10.3 Å². The Morgan fingerprint density at radius 1 is 1.35 bits per heavy atom. The zero-order chi connectivity index (χ0) is 14.4. The van der Waals surface area contributed by atoms with Crippen molar-refractivity contribution < 1.29 is 5.11 Å². The minimum Gasteiger partial charge on any atom is -0.396 e. The van der Waals surface area contributed by atoms with Crippen molar-refractivity contribution in [1.29, 1.82) is 0 Å². The number of aliphatic hydroxyl groups excluding tert-OH is 1. The average molecular weight is 276 g/mol. The summed E-state index contributed by atoms with van der Waals surface area (Å²) in [5.74, 6) is 1.87. The van der Waals surface area contributed by atoms with Crippen molar-refractivity contribution in [3.8, 4) is 0 Å². The minimum absolute atomic E-state index is 0.223. The maximum Gasteiger partial charge on any atom is 0.0475 e. The largest absolute Gasteiger partial charge is 0.396 e. The van der Waals surface area contributed by atoms with Crippen LogP contribution in [0.4, 0.5) is 0 Å². The number of nitrogens with zero attached hydrogens (tertiary/aromatic N) is 1. The minimum atomic E-state index is 0.223. The van der Waals surface area contributed by atoms with Crippen LogP contribution in [0.1, 0.15) is 38.8 Å². The smallest absolute Gasteiger partial charge is 0.0475 e. The number of pyridine rings is 1. The molecule has 1 fully saturated rings. The van der Waals surface area contributed by atoms with E-state index in [1.54, 1.807) is 0 Å². The van der Waals surface area contributed by atoms with Crippen LogP contribution >= 0.6 is 0 Å². The van der Waals surface area contributed by atoms with Crippen molar-refractivity contribution in [3.63, 3.8) is 0 Å². The lowest BCUT2D eigenvalue weighted by Gasteiger charge is -2.34. The van der Waals surface area contributed by atoms with Gasteiger partial charge in [0, 0.05) is 31.1 Å². The molecule has 2 rings (SSSR count). The Morgan fingerprint density at radius 3 is 2.85 bits per heavy atom. The second-order valence-corrected chi connectivity index (χ2v) is 6.48. The van der Waals surface area contributed by atoms with E-state index in [2.05, 4.69) is 24.1 Å². The Hall–Kier alpha value is -0.930. The maximum absolute atomic E-state index is 9.56. The molecular formula is C17H28N2O. The van der Waals surface area contributed by atoms with Crippen molar-refractivity contribution in [2.45, 2.75) is 45.6 Å². The third kappa shape index (κ3) is 4.57. The zero-order valence-corrected chi connectivity index (χ0v) is 12.8. The van der Waals surface area contributed by atoms with Gasteiger partial charge in [-0.1, -0.05) is 19.9 Å². The van der Waals surface area contributed by atoms with Gasteiger partial charge in [-0.25, -0.2) is 0 Å². The lowest BCUT2D eigenvalue weighted by Crippen LogP contribution is -2.42. The van der Waals surface area contributed by atoms with Crippen LogP contribution in [0.25, 0.3) is 0 Å². The normalized spacial score (nSPS) is 28.2. The highest BCUT2D eigenvalue weighted by Crippen LogP contribution is 2.28. The molecule has 4 atom stereocenters. The summed E-state index contributed by atoms with van der Waals surface area (Å²) in [5, 5.41) is 13.2. The van der Waals surface area contributed by atoms with Gasteiger partial charge in [0.25, 0.3) is 0 Å². The molecule has 3 nitrogen and oxygen atoms in total. The van der Waals surface area contributed by atoms with Crippen LogP contribution in [-0.2, 0) is 6.42 Å². The number of rotatable bonds is 6. The van der Waals surface area contributed by atoms with E-state index >= 15 is 0 Å². The molecular weight excluding hydrogens is 248 g/mol. The van der Waals surface area contributed by atoms with Crippen LogP contribution in [0.15, 0.2) is 24.4 Å². The van der Waals surface area contributed by atoms with Gasteiger partial charge >= 0.3 is 0 Å². The van der Waals surface area contributed by atoms with Crippen molar-refractivity contribution in [2.75, 3.05) is 13.2 Å². The molecule has 0 radical (unpaired) electrons. The Bertz CT molecular complexity index is 382. The van der Waals surface area contributed by atoms with Crippen molar-refractivity contribution in [3.05, 3.63) is 30.1 Å². The monoisotopic (exact) mass is 276 g/mol. The molecule has 1 aromatic heterocycles. The summed E-state index contributed by atoms with van der Waals surface area (Å²) in [6.07, 6.45) is 6.58. The molecule has 1 aliphatic rings. The van der Waals surface area contributed by atoms with E-state index in [1.165, 1.54) is 19.3 Å². The first-order valence-corrected chi connectivity index (χ1v) is 7.93. The highest BCUT2D eigenvalue weighted by molar-refractivity contribution is 5.04. The van der Waals surface area contributed by atoms with Crippen LogP contribution in [0.3, 0.4) is 0 Å². The number of hydrogen-bond acceptors (Lipinski definition) is 3. The molecule has 0 saturated heterocycles. The van der Waals surface area contributed by atoms with E-state index in [-0.39, 0.29) is 12.5 Å².